The summed E-state index contributed by atoms with van der Waals surface area (Å²) in [5, 5.41) is 4.03. The van der Waals surface area contributed by atoms with E-state index in [1.54, 1.807) is 0 Å². The fourth-order valence-electron chi connectivity index (χ4n) is 2.80. The topological polar surface area (TPSA) is 15.3 Å². The van der Waals surface area contributed by atoms with Crippen LogP contribution >= 0.6 is 11.6 Å². The number of rotatable bonds is 3. The molecular weight excluding hydrogens is 232 g/mol. The number of nitrogens with one attached hydrogen (secondary N) is 1. The maximum atomic E-state index is 6.08. The summed E-state index contributed by atoms with van der Waals surface area (Å²) in [6, 6.07) is 6.85. The van der Waals surface area contributed by atoms with E-state index in [9.17, 15) is 0 Å². The number of halogens is 1. The summed E-state index contributed by atoms with van der Waals surface area (Å²) in [5.41, 5.74) is 2.63. The van der Waals surface area contributed by atoms with Gasteiger partial charge in [-0.05, 0) is 50.1 Å². The zero-order valence-electron chi connectivity index (χ0n) is 10.8. The third-order valence-corrected chi connectivity index (χ3v) is 3.74. The van der Waals surface area contributed by atoms with Gasteiger partial charge >= 0.3 is 0 Å². The first-order chi connectivity index (χ1) is 8.11. The zero-order chi connectivity index (χ0) is 12.4. The summed E-state index contributed by atoms with van der Waals surface area (Å²) in [4.78, 5) is 2.51. The fourth-order valence-corrected chi connectivity index (χ4v) is 3.00. The van der Waals surface area contributed by atoms with Gasteiger partial charge in [0, 0.05) is 29.8 Å². The Labute approximate surface area is 109 Å². The van der Waals surface area contributed by atoms with Crippen LogP contribution in [0.3, 0.4) is 0 Å². The Hall–Kier alpha value is -0.730. The molecule has 1 N–H and O–H groups in total. The monoisotopic (exact) mass is 252 g/mol. The van der Waals surface area contributed by atoms with Crippen molar-refractivity contribution in [3.63, 3.8) is 0 Å². The number of hydrogen-bond donors (Lipinski definition) is 1. The highest BCUT2D eigenvalue weighted by atomic mass is 35.5. The van der Waals surface area contributed by atoms with Gasteiger partial charge < -0.3 is 10.2 Å². The Kier molecular flexibility index (Phi) is 3.95. The molecule has 1 aromatic rings. The second-order valence-corrected chi connectivity index (χ2v) is 5.58. The average Bonchev–Trinajstić information content (AvgIpc) is 2.59. The van der Waals surface area contributed by atoms with Gasteiger partial charge in [0.15, 0.2) is 0 Å². The molecule has 3 heteroatoms. The quantitative estimate of drug-likeness (QED) is 0.888. The van der Waals surface area contributed by atoms with Crippen molar-refractivity contribution < 1.29 is 0 Å². The molecule has 1 aromatic carbocycles. The van der Waals surface area contributed by atoms with E-state index in [4.69, 9.17) is 11.6 Å². The van der Waals surface area contributed by atoms with E-state index in [-0.39, 0.29) is 0 Å². The fraction of sp³-hybridized carbons (Fsp3) is 0.571. The SMILES string of the molecule is CNCc1cc(Cl)ccc1N1CC(C)CC1C. The van der Waals surface area contributed by atoms with Gasteiger partial charge in [0.05, 0.1) is 0 Å². The molecule has 1 fully saturated rings. The van der Waals surface area contributed by atoms with Crippen LogP contribution in [-0.4, -0.2) is 19.6 Å². The predicted octanol–water partition coefficient (Wildman–Crippen LogP) is 3.29. The van der Waals surface area contributed by atoms with Gasteiger partial charge in [-0.2, -0.15) is 0 Å². The first kappa shape index (κ1) is 12.7. The Morgan fingerprint density at radius 3 is 2.76 bits per heavy atom. The van der Waals surface area contributed by atoms with Crippen LogP contribution in [0, 0.1) is 5.92 Å². The van der Waals surface area contributed by atoms with Gasteiger partial charge in [0.25, 0.3) is 0 Å². The van der Waals surface area contributed by atoms with E-state index in [1.165, 1.54) is 17.7 Å². The summed E-state index contributed by atoms with van der Waals surface area (Å²) < 4.78 is 0. The normalized spacial score (nSPS) is 24.4. The van der Waals surface area contributed by atoms with Gasteiger partial charge in [-0.15, -0.1) is 0 Å². The van der Waals surface area contributed by atoms with Crippen LogP contribution in [0.2, 0.25) is 5.02 Å². The minimum absolute atomic E-state index is 0.627. The summed E-state index contributed by atoms with van der Waals surface area (Å²) >= 11 is 6.08. The summed E-state index contributed by atoms with van der Waals surface area (Å²) in [7, 11) is 1.97. The molecular formula is C14H21ClN2. The Bertz CT molecular complexity index is 392. The Morgan fingerprint density at radius 1 is 1.41 bits per heavy atom. The lowest BCUT2D eigenvalue weighted by atomic mass is 10.1. The highest BCUT2D eigenvalue weighted by Gasteiger charge is 2.27. The van der Waals surface area contributed by atoms with Crippen LogP contribution in [0.5, 0.6) is 0 Å². The molecule has 2 nitrogen and oxygen atoms in total. The molecule has 0 amide bonds. The third kappa shape index (κ3) is 2.75. The van der Waals surface area contributed by atoms with E-state index in [2.05, 4.69) is 36.2 Å². The van der Waals surface area contributed by atoms with Crippen LogP contribution < -0.4 is 10.2 Å². The Morgan fingerprint density at radius 2 is 2.18 bits per heavy atom. The molecule has 1 heterocycles. The van der Waals surface area contributed by atoms with Crippen LogP contribution in [0.25, 0.3) is 0 Å². The second-order valence-electron chi connectivity index (χ2n) is 5.15. The molecule has 1 saturated heterocycles. The summed E-state index contributed by atoms with van der Waals surface area (Å²) in [5.74, 6) is 0.781. The molecule has 0 aliphatic carbocycles. The summed E-state index contributed by atoms with van der Waals surface area (Å²) in [6.07, 6.45) is 1.28. The minimum atomic E-state index is 0.627. The second kappa shape index (κ2) is 5.28. The lowest BCUT2D eigenvalue weighted by molar-refractivity contribution is 0.625. The van der Waals surface area contributed by atoms with Crippen molar-refractivity contribution in [1.29, 1.82) is 0 Å². The van der Waals surface area contributed by atoms with Gasteiger partial charge in [0.2, 0.25) is 0 Å². The lowest BCUT2D eigenvalue weighted by Gasteiger charge is -2.26. The van der Waals surface area contributed by atoms with Crippen molar-refractivity contribution in [2.45, 2.75) is 32.9 Å². The third-order valence-electron chi connectivity index (χ3n) is 3.50. The summed E-state index contributed by atoms with van der Waals surface area (Å²) in [6.45, 7) is 6.65. The maximum Gasteiger partial charge on any atom is 0.0415 e. The zero-order valence-corrected chi connectivity index (χ0v) is 11.6. The van der Waals surface area contributed by atoms with E-state index in [0.29, 0.717) is 6.04 Å². The van der Waals surface area contributed by atoms with Crippen LogP contribution in [0.15, 0.2) is 18.2 Å². The van der Waals surface area contributed by atoms with Gasteiger partial charge in [-0.3, -0.25) is 0 Å². The van der Waals surface area contributed by atoms with Crippen molar-refractivity contribution >= 4 is 17.3 Å². The van der Waals surface area contributed by atoms with Crippen molar-refractivity contribution in [3.8, 4) is 0 Å². The molecule has 0 saturated carbocycles. The molecule has 17 heavy (non-hydrogen) atoms. The molecule has 0 aromatic heterocycles. The van der Waals surface area contributed by atoms with Crippen molar-refractivity contribution in [2.75, 3.05) is 18.5 Å². The predicted molar refractivity (Wildman–Crippen MR) is 74.8 cm³/mol. The van der Waals surface area contributed by atoms with E-state index in [0.717, 1.165) is 24.0 Å². The molecule has 0 spiro atoms. The molecule has 94 valence electrons. The maximum absolute atomic E-state index is 6.08. The number of hydrogen-bond acceptors (Lipinski definition) is 2. The highest BCUT2D eigenvalue weighted by Crippen LogP contribution is 2.32. The molecule has 2 unspecified atom stereocenters. The largest absolute Gasteiger partial charge is 0.368 e. The number of nitrogens with zero attached hydrogens (tertiary/aromatic N) is 1. The molecule has 0 radical (unpaired) electrons. The van der Waals surface area contributed by atoms with Gasteiger partial charge in [-0.1, -0.05) is 18.5 Å². The van der Waals surface area contributed by atoms with Crippen LogP contribution in [0.4, 0.5) is 5.69 Å². The molecule has 0 bridgehead atoms. The van der Waals surface area contributed by atoms with Crippen LogP contribution in [0.1, 0.15) is 25.8 Å². The Balaban J connectivity index is 2.30. The lowest BCUT2D eigenvalue weighted by Crippen LogP contribution is -2.28. The first-order valence-corrected chi connectivity index (χ1v) is 6.69. The van der Waals surface area contributed by atoms with Crippen LogP contribution in [-0.2, 0) is 6.54 Å². The highest BCUT2D eigenvalue weighted by molar-refractivity contribution is 6.30. The van der Waals surface area contributed by atoms with Crippen molar-refractivity contribution in [2.24, 2.45) is 5.92 Å². The first-order valence-electron chi connectivity index (χ1n) is 6.31. The number of anilines is 1. The molecule has 1 aliphatic heterocycles. The van der Waals surface area contributed by atoms with Crippen molar-refractivity contribution in [1.82, 2.24) is 5.32 Å². The van der Waals surface area contributed by atoms with Gasteiger partial charge in [0.1, 0.15) is 0 Å². The minimum Gasteiger partial charge on any atom is -0.368 e. The van der Waals surface area contributed by atoms with E-state index >= 15 is 0 Å². The molecule has 2 rings (SSSR count). The standard InChI is InChI=1S/C14H21ClN2/c1-10-6-11(2)17(9-10)14-5-4-13(15)7-12(14)8-16-3/h4-5,7,10-11,16H,6,8-9H2,1-3H3. The molecule has 1 aliphatic rings. The smallest absolute Gasteiger partial charge is 0.0415 e. The van der Waals surface area contributed by atoms with Gasteiger partial charge in [-0.25, -0.2) is 0 Å². The van der Waals surface area contributed by atoms with E-state index in [1.807, 2.05) is 13.1 Å². The van der Waals surface area contributed by atoms with E-state index < -0.39 is 0 Å². The average molecular weight is 253 g/mol. The van der Waals surface area contributed by atoms with Crippen molar-refractivity contribution in [3.05, 3.63) is 28.8 Å². The number of benzene rings is 1. The molecule has 2 atom stereocenters.